The number of nitrogens with one attached hydrogen (secondary N) is 2. The number of anilines is 1. The van der Waals surface area contributed by atoms with Gasteiger partial charge >= 0.3 is 0 Å². The number of carbonyl (C=O) groups is 1. The maximum Gasteiger partial charge on any atom is 0.244 e. The first-order valence-corrected chi connectivity index (χ1v) is 7.36. The van der Waals surface area contributed by atoms with Crippen LogP contribution in [0, 0.1) is 0 Å². The Morgan fingerprint density at radius 1 is 1.35 bits per heavy atom. The van der Waals surface area contributed by atoms with Crippen LogP contribution in [-0.4, -0.2) is 37.0 Å². The Bertz CT molecular complexity index is 447. The minimum absolute atomic E-state index is 0.0952. The van der Waals surface area contributed by atoms with Crippen LogP contribution in [0.1, 0.15) is 31.7 Å². The summed E-state index contributed by atoms with van der Waals surface area (Å²) < 4.78 is 0. The van der Waals surface area contributed by atoms with Gasteiger partial charge in [-0.3, -0.25) is 4.79 Å². The molecule has 1 amide bonds. The van der Waals surface area contributed by atoms with E-state index in [0.29, 0.717) is 0 Å². The average Bonchev–Trinajstić information content (AvgIpc) is 2.90. The molecule has 0 bridgehead atoms. The third-order valence-corrected chi connectivity index (χ3v) is 3.99. The van der Waals surface area contributed by atoms with E-state index in [9.17, 15) is 4.79 Å². The van der Waals surface area contributed by atoms with Crippen LogP contribution in [0.3, 0.4) is 0 Å². The van der Waals surface area contributed by atoms with E-state index in [4.69, 9.17) is 0 Å². The highest BCUT2D eigenvalue weighted by atomic mass is 16.2. The van der Waals surface area contributed by atoms with Crippen molar-refractivity contribution in [1.82, 2.24) is 10.2 Å². The molecule has 1 aliphatic heterocycles. The number of hydrogen-bond acceptors (Lipinski definition) is 3. The van der Waals surface area contributed by atoms with Gasteiger partial charge in [0, 0.05) is 12.2 Å². The number of amides is 1. The van der Waals surface area contributed by atoms with Crippen molar-refractivity contribution in [3.8, 4) is 0 Å². The summed E-state index contributed by atoms with van der Waals surface area (Å²) in [5, 5.41) is 6.40. The first-order valence-electron chi connectivity index (χ1n) is 7.36. The summed E-state index contributed by atoms with van der Waals surface area (Å²) in [6.07, 6.45) is 2.83. The van der Waals surface area contributed by atoms with Gasteiger partial charge in [-0.2, -0.15) is 0 Å². The fraction of sp³-hybridized carbons (Fsp3) is 0.562. The van der Waals surface area contributed by atoms with Crippen LogP contribution in [0.4, 0.5) is 5.69 Å². The molecule has 1 saturated heterocycles. The van der Waals surface area contributed by atoms with Gasteiger partial charge < -0.3 is 15.5 Å². The molecule has 1 aromatic carbocycles. The van der Waals surface area contributed by atoms with Gasteiger partial charge in [0.1, 0.15) is 0 Å². The van der Waals surface area contributed by atoms with Gasteiger partial charge in [-0.1, -0.05) is 19.1 Å². The molecule has 0 aliphatic carbocycles. The fourth-order valence-electron chi connectivity index (χ4n) is 2.77. The number of benzene rings is 1. The second-order valence-electron chi connectivity index (χ2n) is 5.85. The zero-order valence-corrected chi connectivity index (χ0v) is 12.7. The SMILES string of the molecule is CCC1(C(=O)Nc2ccc(CN(C)C)cc2)CCCN1. The van der Waals surface area contributed by atoms with E-state index >= 15 is 0 Å². The van der Waals surface area contributed by atoms with Crippen molar-refractivity contribution in [1.29, 1.82) is 0 Å². The molecular weight excluding hydrogens is 250 g/mol. The van der Waals surface area contributed by atoms with Crippen molar-refractivity contribution in [3.63, 3.8) is 0 Å². The topological polar surface area (TPSA) is 44.4 Å². The molecule has 0 radical (unpaired) electrons. The predicted octanol–water partition coefficient (Wildman–Crippen LogP) is 2.22. The van der Waals surface area contributed by atoms with Crippen molar-refractivity contribution in [2.24, 2.45) is 0 Å². The largest absolute Gasteiger partial charge is 0.324 e. The van der Waals surface area contributed by atoms with Crippen LogP contribution in [0.5, 0.6) is 0 Å². The van der Waals surface area contributed by atoms with Crippen LogP contribution in [0.15, 0.2) is 24.3 Å². The van der Waals surface area contributed by atoms with E-state index in [-0.39, 0.29) is 11.4 Å². The van der Waals surface area contributed by atoms with E-state index in [1.165, 1.54) is 5.56 Å². The summed E-state index contributed by atoms with van der Waals surface area (Å²) in [5.41, 5.74) is 1.75. The number of hydrogen-bond donors (Lipinski definition) is 2. The quantitative estimate of drug-likeness (QED) is 0.866. The maximum atomic E-state index is 12.4. The van der Waals surface area contributed by atoms with Crippen LogP contribution >= 0.6 is 0 Å². The minimum atomic E-state index is -0.373. The molecule has 1 aromatic rings. The summed E-state index contributed by atoms with van der Waals surface area (Å²) in [4.78, 5) is 14.6. The van der Waals surface area contributed by atoms with Gasteiger partial charge in [-0.05, 0) is 57.6 Å². The minimum Gasteiger partial charge on any atom is -0.324 e. The van der Waals surface area contributed by atoms with Crippen LogP contribution in [0.2, 0.25) is 0 Å². The molecule has 0 saturated carbocycles. The zero-order valence-electron chi connectivity index (χ0n) is 12.7. The molecule has 1 fully saturated rings. The Morgan fingerprint density at radius 3 is 2.55 bits per heavy atom. The molecule has 110 valence electrons. The maximum absolute atomic E-state index is 12.4. The molecule has 20 heavy (non-hydrogen) atoms. The highest BCUT2D eigenvalue weighted by Crippen LogP contribution is 2.25. The lowest BCUT2D eigenvalue weighted by atomic mass is 9.93. The third-order valence-electron chi connectivity index (χ3n) is 3.99. The number of nitrogens with zero attached hydrogens (tertiary/aromatic N) is 1. The van der Waals surface area contributed by atoms with Gasteiger partial charge in [0.25, 0.3) is 0 Å². The molecule has 2 N–H and O–H groups in total. The van der Waals surface area contributed by atoms with Crippen molar-refractivity contribution >= 4 is 11.6 Å². The van der Waals surface area contributed by atoms with Crippen LogP contribution in [-0.2, 0) is 11.3 Å². The van der Waals surface area contributed by atoms with E-state index in [2.05, 4.69) is 34.6 Å². The lowest BCUT2D eigenvalue weighted by Gasteiger charge is -2.26. The third kappa shape index (κ3) is 3.38. The van der Waals surface area contributed by atoms with Gasteiger partial charge in [0.2, 0.25) is 5.91 Å². The highest BCUT2D eigenvalue weighted by molar-refractivity contribution is 5.98. The monoisotopic (exact) mass is 275 g/mol. The highest BCUT2D eigenvalue weighted by Gasteiger charge is 2.38. The molecule has 0 aromatic heterocycles. The standard InChI is InChI=1S/C16H25N3O/c1-4-16(10-5-11-17-16)15(20)18-14-8-6-13(7-9-14)12-19(2)3/h6-9,17H,4-5,10-12H2,1-3H3,(H,18,20). The molecule has 1 heterocycles. The average molecular weight is 275 g/mol. The van der Waals surface area contributed by atoms with E-state index < -0.39 is 0 Å². The number of carbonyl (C=O) groups excluding carboxylic acids is 1. The summed E-state index contributed by atoms with van der Waals surface area (Å²) in [6, 6.07) is 8.09. The normalized spacial score (nSPS) is 22.2. The van der Waals surface area contributed by atoms with Crippen molar-refractivity contribution in [2.75, 3.05) is 26.0 Å². The second-order valence-corrected chi connectivity index (χ2v) is 5.85. The molecule has 2 rings (SSSR count). The van der Waals surface area contributed by atoms with E-state index in [1.54, 1.807) is 0 Å². The van der Waals surface area contributed by atoms with Crippen LogP contribution < -0.4 is 10.6 Å². The van der Waals surface area contributed by atoms with Crippen molar-refractivity contribution in [3.05, 3.63) is 29.8 Å². The zero-order chi connectivity index (χ0) is 14.6. The Kier molecular flexibility index (Phi) is 4.78. The molecular formula is C16H25N3O. The smallest absolute Gasteiger partial charge is 0.244 e. The van der Waals surface area contributed by atoms with Gasteiger partial charge in [0.15, 0.2) is 0 Å². The lowest BCUT2D eigenvalue weighted by molar-refractivity contribution is -0.122. The Morgan fingerprint density at radius 2 is 2.05 bits per heavy atom. The van der Waals surface area contributed by atoms with Gasteiger partial charge in [-0.25, -0.2) is 0 Å². The summed E-state index contributed by atoms with van der Waals surface area (Å²) in [6.45, 7) is 3.91. The van der Waals surface area contributed by atoms with E-state index in [1.807, 2.05) is 26.2 Å². The fourth-order valence-corrected chi connectivity index (χ4v) is 2.77. The van der Waals surface area contributed by atoms with Crippen LogP contribution in [0.25, 0.3) is 0 Å². The predicted molar refractivity (Wildman–Crippen MR) is 82.7 cm³/mol. The molecule has 0 spiro atoms. The number of rotatable bonds is 5. The lowest BCUT2D eigenvalue weighted by Crippen LogP contribution is -2.50. The summed E-state index contributed by atoms with van der Waals surface area (Å²) in [7, 11) is 4.10. The van der Waals surface area contributed by atoms with Crippen molar-refractivity contribution in [2.45, 2.75) is 38.3 Å². The summed E-state index contributed by atoms with van der Waals surface area (Å²) >= 11 is 0. The molecule has 1 unspecified atom stereocenters. The molecule has 4 nitrogen and oxygen atoms in total. The Hall–Kier alpha value is -1.39. The first kappa shape index (κ1) is 15.0. The Labute approximate surface area is 121 Å². The van der Waals surface area contributed by atoms with Gasteiger partial charge in [-0.15, -0.1) is 0 Å². The molecule has 1 atom stereocenters. The molecule has 1 aliphatic rings. The van der Waals surface area contributed by atoms with Crippen molar-refractivity contribution < 1.29 is 4.79 Å². The molecule has 4 heteroatoms. The second kappa shape index (κ2) is 6.37. The van der Waals surface area contributed by atoms with Gasteiger partial charge in [0.05, 0.1) is 5.54 Å². The first-order chi connectivity index (χ1) is 9.55. The Balaban J connectivity index is 2.00. The van der Waals surface area contributed by atoms with E-state index in [0.717, 1.165) is 38.0 Å². The summed E-state index contributed by atoms with van der Waals surface area (Å²) in [5.74, 6) is 0.0952.